The van der Waals surface area contributed by atoms with Gasteiger partial charge in [-0.2, -0.15) is 0 Å². The van der Waals surface area contributed by atoms with Gasteiger partial charge in [0.15, 0.2) is 5.96 Å². The Morgan fingerprint density at radius 2 is 2.08 bits per heavy atom. The zero-order valence-corrected chi connectivity index (χ0v) is 18.3. The minimum absolute atomic E-state index is 0. The number of hydrogen-bond acceptors (Lipinski definition) is 3. The van der Waals surface area contributed by atoms with E-state index in [4.69, 9.17) is 4.74 Å². The number of ether oxygens (including phenoxy) is 1. The van der Waals surface area contributed by atoms with Crippen molar-refractivity contribution in [3.63, 3.8) is 0 Å². The standard InChI is InChI=1S/C17H27BrN4O.HI/c1-19-17(20-9-3-11-23-2)21-12-14-8-10-22(13-14)16-6-4-15(18)5-7-16;/h4-7,14H,3,8-13H2,1-2H3,(H2,19,20,21);1H. The van der Waals surface area contributed by atoms with E-state index >= 15 is 0 Å². The fourth-order valence-electron chi connectivity index (χ4n) is 2.77. The van der Waals surface area contributed by atoms with Gasteiger partial charge in [-0.1, -0.05) is 15.9 Å². The summed E-state index contributed by atoms with van der Waals surface area (Å²) >= 11 is 3.49. The topological polar surface area (TPSA) is 48.9 Å². The average Bonchev–Trinajstić information content (AvgIpc) is 3.04. The van der Waals surface area contributed by atoms with E-state index in [9.17, 15) is 0 Å². The molecule has 1 fully saturated rings. The zero-order valence-electron chi connectivity index (χ0n) is 14.4. The van der Waals surface area contributed by atoms with Crippen LogP contribution in [0.1, 0.15) is 12.8 Å². The fraction of sp³-hybridized carbons (Fsp3) is 0.588. The molecule has 1 aromatic carbocycles. The summed E-state index contributed by atoms with van der Waals surface area (Å²) in [6.45, 7) is 4.82. The van der Waals surface area contributed by atoms with Crippen molar-refractivity contribution in [2.45, 2.75) is 12.8 Å². The van der Waals surface area contributed by atoms with Crippen LogP contribution in [0.25, 0.3) is 0 Å². The number of nitrogens with one attached hydrogen (secondary N) is 2. The van der Waals surface area contributed by atoms with Gasteiger partial charge in [0.2, 0.25) is 0 Å². The number of hydrogen-bond donors (Lipinski definition) is 2. The summed E-state index contributed by atoms with van der Waals surface area (Å²) in [6, 6.07) is 8.56. The molecule has 0 saturated carbocycles. The van der Waals surface area contributed by atoms with Crippen LogP contribution in [0, 0.1) is 5.92 Å². The molecule has 1 aliphatic heterocycles. The van der Waals surface area contributed by atoms with E-state index in [1.54, 1.807) is 7.11 Å². The van der Waals surface area contributed by atoms with Gasteiger partial charge in [-0.25, -0.2) is 0 Å². The van der Waals surface area contributed by atoms with Crippen LogP contribution in [0.3, 0.4) is 0 Å². The highest BCUT2D eigenvalue weighted by molar-refractivity contribution is 14.0. The Hall–Kier alpha value is -0.540. The molecule has 0 radical (unpaired) electrons. The van der Waals surface area contributed by atoms with E-state index in [-0.39, 0.29) is 24.0 Å². The minimum Gasteiger partial charge on any atom is -0.385 e. The molecule has 0 aliphatic carbocycles. The van der Waals surface area contributed by atoms with Crippen molar-refractivity contribution in [3.05, 3.63) is 28.7 Å². The first kappa shape index (κ1) is 21.5. The normalized spacial score (nSPS) is 17.5. The Kier molecular flexibility index (Phi) is 10.7. The van der Waals surface area contributed by atoms with Gasteiger partial charge in [0.05, 0.1) is 0 Å². The Balaban J connectivity index is 0.00000288. The molecule has 7 heteroatoms. The summed E-state index contributed by atoms with van der Waals surface area (Å²) in [7, 11) is 3.54. The number of halogens is 2. The maximum Gasteiger partial charge on any atom is 0.190 e. The Morgan fingerprint density at radius 1 is 1.33 bits per heavy atom. The maximum absolute atomic E-state index is 5.05. The summed E-state index contributed by atoms with van der Waals surface area (Å²) in [4.78, 5) is 6.72. The molecule has 1 heterocycles. The van der Waals surface area contributed by atoms with E-state index in [2.05, 4.69) is 60.7 Å². The van der Waals surface area contributed by atoms with Crippen LogP contribution in [0.2, 0.25) is 0 Å². The van der Waals surface area contributed by atoms with Gasteiger partial charge >= 0.3 is 0 Å². The monoisotopic (exact) mass is 510 g/mol. The third-order valence-electron chi connectivity index (χ3n) is 4.08. The quantitative estimate of drug-likeness (QED) is 0.256. The lowest BCUT2D eigenvalue weighted by atomic mass is 10.1. The Bertz CT molecular complexity index is 498. The van der Waals surface area contributed by atoms with Crippen LogP contribution in [-0.2, 0) is 4.74 Å². The lowest BCUT2D eigenvalue weighted by Crippen LogP contribution is -2.40. The maximum atomic E-state index is 5.05. The summed E-state index contributed by atoms with van der Waals surface area (Å²) in [5.41, 5.74) is 1.30. The van der Waals surface area contributed by atoms with Crippen LogP contribution in [0.5, 0.6) is 0 Å². The molecule has 136 valence electrons. The molecular weight excluding hydrogens is 483 g/mol. The van der Waals surface area contributed by atoms with E-state index in [0.717, 1.165) is 49.6 Å². The first-order valence-corrected chi connectivity index (χ1v) is 8.96. The number of rotatable bonds is 7. The second-order valence-electron chi connectivity index (χ2n) is 5.80. The molecular formula is C17H28BrIN4O. The predicted molar refractivity (Wildman–Crippen MR) is 116 cm³/mol. The molecule has 1 aliphatic rings. The number of benzene rings is 1. The molecule has 2 N–H and O–H groups in total. The smallest absolute Gasteiger partial charge is 0.190 e. The summed E-state index contributed by atoms with van der Waals surface area (Å²) < 4.78 is 6.18. The summed E-state index contributed by atoms with van der Waals surface area (Å²) in [6.07, 6.45) is 2.20. The van der Waals surface area contributed by atoms with Gasteiger partial charge in [-0.15, -0.1) is 24.0 Å². The van der Waals surface area contributed by atoms with Crippen LogP contribution in [-0.4, -0.2) is 52.9 Å². The highest BCUT2D eigenvalue weighted by Gasteiger charge is 2.22. The number of aliphatic imine (C=N–C) groups is 1. The van der Waals surface area contributed by atoms with E-state index < -0.39 is 0 Å². The lowest BCUT2D eigenvalue weighted by Gasteiger charge is -2.19. The van der Waals surface area contributed by atoms with E-state index in [0.29, 0.717) is 5.92 Å². The molecule has 1 saturated heterocycles. The third kappa shape index (κ3) is 7.14. The van der Waals surface area contributed by atoms with Gasteiger partial charge < -0.3 is 20.3 Å². The van der Waals surface area contributed by atoms with Crippen molar-refractivity contribution in [3.8, 4) is 0 Å². The zero-order chi connectivity index (χ0) is 16.5. The molecule has 0 amide bonds. The average molecular weight is 511 g/mol. The molecule has 1 aromatic rings. The van der Waals surface area contributed by atoms with Crippen molar-refractivity contribution in [2.24, 2.45) is 10.9 Å². The Labute approximate surface area is 170 Å². The van der Waals surface area contributed by atoms with Crippen molar-refractivity contribution >= 4 is 51.6 Å². The van der Waals surface area contributed by atoms with Crippen LogP contribution in [0.15, 0.2) is 33.7 Å². The molecule has 2 rings (SSSR count). The van der Waals surface area contributed by atoms with Crippen molar-refractivity contribution in [1.29, 1.82) is 0 Å². The first-order valence-electron chi connectivity index (χ1n) is 8.17. The van der Waals surface area contributed by atoms with Crippen LogP contribution >= 0.6 is 39.9 Å². The molecule has 24 heavy (non-hydrogen) atoms. The molecule has 5 nitrogen and oxygen atoms in total. The first-order chi connectivity index (χ1) is 11.2. The number of nitrogens with zero attached hydrogens (tertiary/aromatic N) is 2. The lowest BCUT2D eigenvalue weighted by molar-refractivity contribution is 0.195. The number of guanidine groups is 1. The van der Waals surface area contributed by atoms with Crippen LogP contribution < -0.4 is 15.5 Å². The van der Waals surface area contributed by atoms with Gasteiger partial charge in [-0.05, 0) is 43.0 Å². The molecule has 0 spiro atoms. The van der Waals surface area contributed by atoms with Gasteiger partial charge in [0.1, 0.15) is 0 Å². The second-order valence-corrected chi connectivity index (χ2v) is 6.72. The summed E-state index contributed by atoms with van der Waals surface area (Å²) in [5.74, 6) is 1.53. The highest BCUT2D eigenvalue weighted by atomic mass is 127. The van der Waals surface area contributed by atoms with Gasteiger partial charge in [0.25, 0.3) is 0 Å². The SMILES string of the molecule is CN=C(NCCCOC)NCC1CCN(c2ccc(Br)cc2)C1.I. The highest BCUT2D eigenvalue weighted by Crippen LogP contribution is 2.24. The van der Waals surface area contributed by atoms with Gasteiger partial charge in [0, 0.05) is 57.1 Å². The third-order valence-corrected chi connectivity index (χ3v) is 4.61. The van der Waals surface area contributed by atoms with Crippen molar-refractivity contribution in [2.75, 3.05) is 51.8 Å². The second kappa shape index (κ2) is 11.9. The summed E-state index contributed by atoms with van der Waals surface area (Å²) in [5, 5.41) is 6.75. The number of anilines is 1. The van der Waals surface area contributed by atoms with Crippen molar-refractivity contribution in [1.82, 2.24) is 10.6 Å². The van der Waals surface area contributed by atoms with Gasteiger partial charge in [-0.3, -0.25) is 4.99 Å². The predicted octanol–water partition coefficient (Wildman–Crippen LogP) is 3.09. The molecule has 1 unspecified atom stereocenters. The fourth-order valence-corrected chi connectivity index (χ4v) is 3.03. The Morgan fingerprint density at radius 3 is 2.75 bits per heavy atom. The molecule has 0 aromatic heterocycles. The largest absolute Gasteiger partial charge is 0.385 e. The minimum atomic E-state index is 0. The van der Waals surface area contributed by atoms with Crippen LogP contribution in [0.4, 0.5) is 5.69 Å². The molecule has 1 atom stereocenters. The van der Waals surface area contributed by atoms with E-state index in [1.807, 2.05) is 7.05 Å². The number of methoxy groups -OCH3 is 1. The van der Waals surface area contributed by atoms with E-state index in [1.165, 1.54) is 12.1 Å². The molecule has 0 bridgehead atoms. The van der Waals surface area contributed by atoms with Crippen molar-refractivity contribution < 1.29 is 4.74 Å².